The second-order valence-electron chi connectivity index (χ2n) is 5.32. The van der Waals surface area contributed by atoms with E-state index in [1.807, 2.05) is 0 Å². The highest BCUT2D eigenvalue weighted by Gasteiger charge is 2.11. The summed E-state index contributed by atoms with van der Waals surface area (Å²) in [5.41, 5.74) is 1.41. The highest BCUT2D eigenvalue weighted by atomic mass is 16.4. The summed E-state index contributed by atoms with van der Waals surface area (Å²) >= 11 is 0. The number of aromatic hydroxyl groups is 1. The van der Waals surface area contributed by atoms with Gasteiger partial charge in [-0.3, -0.25) is 4.79 Å². The molecule has 3 aromatic rings. The maximum absolute atomic E-state index is 12.3. The topological polar surface area (TPSA) is 117 Å². The van der Waals surface area contributed by atoms with Crippen LogP contribution in [0.5, 0.6) is 5.75 Å². The number of carbonyl (C=O) groups is 2. The van der Waals surface area contributed by atoms with Crippen LogP contribution in [0.4, 0.5) is 5.69 Å². The molecule has 126 valence electrons. The average Bonchev–Trinajstić information content (AvgIpc) is 3.08. The van der Waals surface area contributed by atoms with Crippen molar-refractivity contribution >= 4 is 17.6 Å². The first-order valence-electron chi connectivity index (χ1n) is 7.31. The minimum atomic E-state index is -1.10. The molecule has 0 fully saturated rings. The molecule has 0 atom stereocenters. The number of carboxylic acids is 1. The fourth-order valence-corrected chi connectivity index (χ4v) is 2.30. The van der Waals surface area contributed by atoms with Crippen LogP contribution in [0, 0.1) is 0 Å². The van der Waals surface area contributed by atoms with E-state index in [-0.39, 0.29) is 11.3 Å². The summed E-state index contributed by atoms with van der Waals surface area (Å²) in [4.78, 5) is 27.4. The zero-order chi connectivity index (χ0) is 17.8. The van der Waals surface area contributed by atoms with Gasteiger partial charge in [-0.15, -0.1) is 0 Å². The number of nitrogens with one attached hydrogen (secondary N) is 1. The van der Waals surface area contributed by atoms with Gasteiger partial charge in [0.25, 0.3) is 5.91 Å². The van der Waals surface area contributed by atoms with Crippen LogP contribution in [0.15, 0.2) is 55.1 Å². The summed E-state index contributed by atoms with van der Waals surface area (Å²) in [6.45, 7) is 0.323. The first-order chi connectivity index (χ1) is 12.0. The predicted molar refractivity (Wildman–Crippen MR) is 88.6 cm³/mol. The fourth-order valence-electron chi connectivity index (χ4n) is 2.30. The molecular formula is C17H14N4O4. The average molecular weight is 338 g/mol. The summed E-state index contributed by atoms with van der Waals surface area (Å²) in [6, 6.07) is 10.3. The Balaban J connectivity index is 1.86. The lowest BCUT2D eigenvalue weighted by molar-refractivity contribution is 0.0696. The Morgan fingerprint density at radius 3 is 2.48 bits per heavy atom. The summed E-state index contributed by atoms with van der Waals surface area (Å²) in [6.07, 6.45) is 2.90. The number of anilines is 1. The van der Waals surface area contributed by atoms with Gasteiger partial charge in [-0.1, -0.05) is 0 Å². The molecule has 0 unspecified atom stereocenters. The molecule has 0 spiro atoms. The Labute approximate surface area is 142 Å². The highest BCUT2D eigenvalue weighted by molar-refractivity contribution is 6.05. The predicted octanol–water partition coefficient (Wildman–Crippen LogP) is 1.98. The number of amides is 1. The van der Waals surface area contributed by atoms with Crippen molar-refractivity contribution in [3.05, 3.63) is 71.8 Å². The van der Waals surface area contributed by atoms with Crippen LogP contribution in [-0.4, -0.2) is 36.9 Å². The van der Waals surface area contributed by atoms with Crippen LogP contribution >= 0.6 is 0 Å². The van der Waals surface area contributed by atoms with Gasteiger partial charge in [-0.2, -0.15) is 5.10 Å². The summed E-state index contributed by atoms with van der Waals surface area (Å²) in [7, 11) is 0. The van der Waals surface area contributed by atoms with Gasteiger partial charge in [0.2, 0.25) is 0 Å². The van der Waals surface area contributed by atoms with Gasteiger partial charge in [0, 0.05) is 11.3 Å². The van der Waals surface area contributed by atoms with Crippen LogP contribution in [0.3, 0.4) is 0 Å². The van der Waals surface area contributed by atoms with Gasteiger partial charge in [0.05, 0.1) is 12.1 Å². The molecular weight excluding hydrogens is 324 g/mol. The van der Waals surface area contributed by atoms with Crippen LogP contribution in [0.25, 0.3) is 0 Å². The number of hydrogen-bond donors (Lipinski definition) is 3. The maximum Gasteiger partial charge on any atom is 0.335 e. The van der Waals surface area contributed by atoms with E-state index < -0.39 is 11.9 Å². The Morgan fingerprint density at radius 2 is 1.84 bits per heavy atom. The van der Waals surface area contributed by atoms with E-state index in [9.17, 15) is 19.8 Å². The summed E-state index contributed by atoms with van der Waals surface area (Å²) in [5.74, 6) is -1.45. The first-order valence-corrected chi connectivity index (χ1v) is 7.31. The molecule has 0 aliphatic rings. The van der Waals surface area contributed by atoms with Crippen molar-refractivity contribution in [3.8, 4) is 5.75 Å². The zero-order valence-electron chi connectivity index (χ0n) is 13.0. The third-order valence-corrected chi connectivity index (χ3v) is 3.44. The molecule has 0 radical (unpaired) electrons. The second kappa shape index (κ2) is 6.83. The Kier molecular flexibility index (Phi) is 4.42. The Hall–Kier alpha value is -3.68. The number of rotatable bonds is 5. The normalized spacial score (nSPS) is 10.4. The molecule has 3 N–H and O–H groups in total. The zero-order valence-corrected chi connectivity index (χ0v) is 13.0. The number of carboxylic acid groups (broad SMARTS) is 1. The summed E-state index contributed by atoms with van der Waals surface area (Å²) in [5, 5.41) is 25.2. The van der Waals surface area contributed by atoms with E-state index >= 15 is 0 Å². The molecule has 1 heterocycles. The Morgan fingerprint density at radius 1 is 1.08 bits per heavy atom. The van der Waals surface area contributed by atoms with Gasteiger partial charge in [0.1, 0.15) is 18.4 Å². The van der Waals surface area contributed by atoms with Crippen molar-refractivity contribution in [1.82, 2.24) is 14.8 Å². The van der Waals surface area contributed by atoms with Crippen molar-refractivity contribution in [2.45, 2.75) is 6.54 Å². The molecule has 25 heavy (non-hydrogen) atoms. The summed E-state index contributed by atoms with van der Waals surface area (Å²) < 4.78 is 1.55. The van der Waals surface area contributed by atoms with E-state index in [2.05, 4.69) is 15.4 Å². The smallest absolute Gasteiger partial charge is 0.335 e. The minimum Gasteiger partial charge on any atom is -0.508 e. The molecule has 0 aliphatic carbocycles. The lowest BCUT2D eigenvalue weighted by Crippen LogP contribution is -2.13. The highest BCUT2D eigenvalue weighted by Crippen LogP contribution is 2.18. The number of carbonyl (C=O) groups excluding carboxylic acids is 1. The molecule has 3 rings (SSSR count). The first kappa shape index (κ1) is 16.2. The van der Waals surface area contributed by atoms with Gasteiger partial charge in [0.15, 0.2) is 0 Å². The van der Waals surface area contributed by atoms with Gasteiger partial charge in [-0.25, -0.2) is 14.5 Å². The van der Waals surface area contributed by atoms with Gasteiger partial charge >= 0.3 is 5.97 Å². The van der Waals surface area contributed by atoms with Crippen LogP contribution in [0.2, 0.25) is 0 Å². The molecule has 0 saturated carbocycles. The Bertz CT molecular complexity index is 905. The van der Waals surface area contributed by atoms with Crippen molar-refractivity contribution in [1.29, 1.82) is 0 Å². The molecule has 8 heteroatoms. The number of aromatic carboxylic acids is 1. The SMILES string of the molecule is O=C(O)c1cc(Cn2cncn2)cc(NC(=O)c2ccc(O)cc2)c1. The molecule has 1 amide bonds. The molecule has 1 aromatic heterocycles. The van der Waals surface area contributed by atoms with E-state index in [1.54, 1.807) is 10.7 Å². The number of phenolic OH excluding ortho intramolecular Hbond substituents is 1. The minimum absolute atomic E-state index is 0.0543. The lowest BCUT2D eigenvalue weighted by atomic mass is 10.1. The molecule has 8 nitrogen and oxygen atoms in total. The number of aromatic nitrogens is 3. The lowest BCUT2D eigenvalue weighted by Gasteiger charge is -2.10. The van der Waals surface area contributed by atoms with Crippen LogP contribution in [-0.2, 0) is 6.54 Å². The second-order valence-corrected chi connectivity index (χ2v) is 5.32. The quantitative estimate of drug-likeness (QED) is 0.655. The third-order valence-electron chi connectivity index (χ3n) is 3.44. The van der Waals surface area contributed by atoms with Crippen molar-refractivity contribution < 1.29 is 19.8 Å². The molecule has 0 aliphatic heterocycles. The van der Waals surface area contributed by atoms with Crippen molar-refractivity contribution in [3.63, 3.8) is 0 Å². The van der Waals surface area contributed by atoms with E-state index in [0.717, 1.165) is 0 Å². The van der Waals surface area contributed by atoms with E-state index in [4.69, 9.17) is 0 Å². The van der Waals surface area contributed by atoms with E-state index in [1.165, 1.54) is 49.1 Å². The number of phenols is 1. The van der Waals surface area contributed by atoms with Crippen LogP contribution < -0.4 is 5.32 Å². The molecule has 0 bridgehead atoms. The van der Waals surface area contributed by atoms with Crippen molar-refractivity contribution in [2.75, 3.05) is 5.32 Å². The monoisotopic (exact) mass is 338 g/mol. The maximum atomic E-state index is 12.3. The fraction of sp³-hybridized carbons (Fsp3) is 0.0588. The number of hydrogen-bond acceptors (Lipinski definition) is 5. The number of benzene rings is 2. The van der Waals surface area contributed by atoms with Crippen molar-refractivity contribution in [2.24, 2.45) is 0 Å². The third kappa shape index (κ3) is 3.99. The standard InChI is InChI=1S/C17H14N4O4/c22-15-3-1-12(2-4-15)16(23)20-14-6-11(5-13(7-14)17(24)25)8-21-10-18-9-19-21/h1-7,9-10,22H,8H2,(H,20,23)(H,24,25). The largest absolute Gasteiger partial charge is 0.508 e. The molecule has 2 aromatic carbocycles. The van der Waals surface area contributed by atoms with E-state index in [0.29, 0.717) is 23.4 Å². The van der Waals surface area contributed by atoms with Crippen LogP contribution in [0.1, 0.15) is 26.3 Å². The molecule has 0 saturated heterocycles. The van der Waals surface area contributed by atoms with Gasteiger partial charge < -0.3 is 15.5 Å². The number of nitrogens with zero attached hydrogens (tertiary/aromatic N) is 3. The van der Waals surface area contributed by atoms with Gasteiger partial charge in [-0.05, 0) is 48.0 Å².